The van der Waals surface area contributed by atoms with Crippen LogP contribution in [0.25, 0.3) is 0 Å². The van der Waals surface area contributed by atoms with E-state index in [9.17, 15) is 13.2 Å². The predicted octanol–water partition coefficient (Wildman–Crippen LogP) is 2.04. The summed E-state index contributed by atoms with van der Waals surface area (Å²) >= 11 is 0. The molecule has 0 spiro atoms. The fourth-order valence-corrected chi connectivity index (χ4v) is 3.29. The summed E-state index contributed by atoms with van der Waals surface area (Å²) in [5.41, 5.74) is 0.475. The maximum atomic E-state index is 12.3. The Kier molecular flexibility index (Phi) is 6.17. The molecule has 0 bridgehead atoms. The summed E-state index contributed by atoms with van der Waals surface area (Å²) in [6.07, 6.45) is 0.453. The average Bonchev–Trinajstić information content (AvgIpc) is 2.35. The first-order valence-corrected chi connectivity index (χ1v) is 8.30. The average molecular weight is 314 g/mol. The molecule has 0 fully saturated rings. The minimum absolute atomic E-state index is 0.0350. The Hall–Kier alpha value is -1.60. The van der Waals surface area contributed by atoms with Gasteiger partial charge in [-0.15, -0.1) is 0 Å². The van der Waals surface area contributed by atoms with Crippen molar-refractivity contribution in [3.8, 4) is 0 Å². The summed E-state index contributed by atoms with van der Waals surface area (Å²) < 4.78 is 27.1. The summed E-state index contributed by atoms with van der Waals surface area (Å²) in [4.78, 5) is 10.7. The Morgan fingerprint density at radius 3 is 2.43 bits per heavy atom. The standard InChI is InChI=1S/C14H22N2O4S/c1-10(2)16-21(19,20)13-7-5-4-6-12(13)15-11(3)8-9-14(17)18/h4-7,10-11,15-16H,8-9H2,1-3H3,(H,17,18). The lowest BCUT2D eigenvalue weighted by atomic mass is 10.1. The first-order valence-electron chi connectivity index (χ1n) is 6.82. The van der Waals surface area contributed by atoms with Crippen molar-refractivity contribution in [2.24, 2.45) is 0 Å². The molecule has 1 aromatic rings. The molecule has 1 atom stereocenters. The minimum atomic E-state index is -3.60. The number of carboxylic acids is 1. The van der Waals surface area contributed by atoms with Crippen LogP contribution in [0.3, 0.4) is 0 Å². The summed E-state index contributed by atoms with van der Waals surface area (Å²) in [5, 5.41) is 11.7. The van der Waals surface area contributed by atoms with Gasteiger partial charge in [0.15, 0.2) is 0 Å². The number of carboxylic acid groups (broad SMARTS) is 1. The Labute approximate surface area is 125 Å². The molecule has 7 heteroatoms. The lowest BCUT2D eigenvalue weighted by molar-refractivity contribution is -0.137. The van der Waals surface area contributed by atoms with Gasteiger partial charge in [-0.05, 0) is 39.3 Å². The highest BCUT2D eigenvalue weighted by Crippen LogP contribution is 2.22. The van der Waals surface area contributed by atoms with Crippen LogP contribution in [-0.4, -0.2) is 31.6 Å². The van der Waals surface area contributed by atoms with Crippen LogP contribution < -0.4 is 10.0 Å². The number of anilines is 1. The molecule has 6 nitrogen and oxygen atoms in total. The van der Waals surface area contributed by atoms with E-state index in [2.05, 4.69) is 10.0 Å². The number of hydrogen-bond acceptors (Lipinski definition) is 4. The van der Waals surface area contributed by atoms with Gasteiger partial charge >= 0.3 is 5.97 Å². The normalized spacial score (nSPS) is 13.1. The highest BCUT2D eigenvalue weighted by Gasteiger charge is 2.20. The molecule has 1 aromatic carbocycles. The number of hydrogen-bond donors (Lipinski definition) is 3. The van der Waals surface area contributed by atoms with Crippen molar-refractivity contribution in [2.45, 2.75) is 50.6 Å². The number of para-hydroxylation sites is 1. The number of nitrogens with one attached hydrogen (secondary N) is 2. The third-order valence-corrected chi connectivity index (χ3v) is 4.48. The molecule has 0 aliphatic carbocycles. The van der Waals surface area contributed by atoms with E-state index in [0.29, 0.717) is 12.1 Å². The van der Waals surface area contributed by atoms with Crippen LogP contribution in [0.4, 0.5) is 5.69 Å². The molecule has 0 saturated heterocycles. The lowest BCUT2D eigenvalue weighted by Crippen LogP contribution is -2.31. The van der Waals surface area contributed by atoms with E-state index in [4.69, 9.17) is 5.11 Å². The third-order valence-electron chi connectivity index (χ3n) is 2.76. The third kappa shape index (κ3) is 5.73. The highest BCUT2D eigenvalue weighted by atomic mass is 32.2. The molecule has 0 amide bonds. The van der Waals surface area contributed by atoms with E-state index < -0.39 is 16.0 Å². The topological polar surface area (TPSA) is 95.5 Å². The van der Waals surface area contributed by atoms with Crippen LogP contribution in [-0.2, 0) is 14.8 Å². The molecule has 0 aromatic heterocycles. The monoisotopic (exact) mass is 314 g/mol. The van der Waals surface area contributed by atoms with E-state index in [1.807, 2.05) is 6.92 Å². The zero-order chi connectivity index (χ0) is 16.0. The van der Waals surface area contributed by atoms with Gasteiger partial charge in [0.25, 0.3) is 0 Å². The number of rotatable bonds is 8. The van der Waals surface area contributed by atoms with Gasteiger partial charge in [0.2, 0.25) is 10.0 Å². The molecule has 0 heterocycles. The molecule has 1 unspecified atom stereocenters. The lowest BCUT2D eigenvalue weighted by Gasteiger charge is -2.18. The summed E-state index contributed by atoms with van der Waals surface area (Å²) in [6.45, 7) is 5.33. The number of benzene rings is 1. The van der Waals surface area contributed by atoms with Gasteiger partial charge in [0.1, 0.15) is 4.90 Å². The van der Waals surface area contributed by atoms with E-state index in [0.717, 1.165) is 0 Å². The van der Waals surface area contributed by atoms with Crippen molar-refractivity contribution in [3.05, 3.63) is 24.3 Å². The largest absolute Gasteiger partial charge is 0.481 e. The second-order valence-electron chi connectivity index (χ2n) is 5.25. The van der Waals surface area contributed by atoms with Crippen LogP contribution in [0.5, 0.6) is 0 Å². The van der Waals surface area contributed by atoms with E-state index >= 15 is 0 Å². The first kappa shape index (κ1) is 17.5. The number of carbonyl (C=O) groups is 1. The molecular formula is C14H22N2O4S. The van der Waals surface area contributed by atoms with Crippen LogP contribution in [0.1, 0.15) is 33.6 Å². The second-order valence-corrected chi connectivity index (χ2v) is 6.93. The molecule has 0 saturated carbocycles. The van der Waals surface area contributed by atoms with Gasteiger partial charge in [-0.25, -0.2) is 13.1 Å². The van der Waals surface area contributed by atoms with Gasteiger partial charge in [-0.1, -0.05) is 12.1 Å². The Morgan fingerprint density at radius 2 is 1.86 bits per heavy atom. The highest BCUT2D eigenvalue weighted by molar-refractivity contribution is 7.89. The van der Waals surface area contributed by atoms with Gasteiger partial charge in [-0.3, -0.25) is 4.79 Å². The molecule has 21 heavy (non-hydrogen) atoms. The first-order chi connectivity index (χ1) is 9.72. The van der Waals surface area contributed by atoms with Crippen LogP contribution in [0.2, 0.25) is 0 Å². The van der Waals surface area contributed by atoms with Crippen molar-refractivity contribution in [3.63, 3.8) is 0 Å². The van der Waals surface area contributed by atoms with Gasteiger partial charge in [-0.2, -0.15) is 0 Å². The van der Waals surface area contributed by atoms with E-state index in [1.54, 1.807) is 32.0 Å². The maximum Gasteiger partial charge on any atom is 0.303 e. The Balaban J connectivity index is 2.92. The van der Waals surface area contributed by atoms with Crippen molar-refractivity contribution >= 4 is 21.7 Å². The predicted molar refractivity (Wildman–Crippen MR) is 81.9 cm³/mol. The smallest absolute Gasteiger partial charge is 0.303 e. The molecule has 1 rings (SSSR count). The van der Waals surface area contributed by atoms with Gasteiger partial charge in [0.05, 0.1) is 5.69 Å². The Bertz CT molecular complexity index is 584. The minimum Gasteiger partial charge on any atom is -0.481 e. The Morgan fingerprint density at radius 1 is 1.24 bits per heavy atom. The molecule has 0 radical (unpaired) electrons. The van der Waals surface area contributed by atoms with Crippen molar-refractivity contribution < 1.29 is 18.3 Å². The van der Waals surface area contributed by atoms with Crippen molar-refractivity contribution in [1.29, 1.82) is 0 Å². The fraction of sp³-hybridized carbons (Fsp3) is 0.500. The number of aliphatic carboxylic acids is 1. The van der Waals surface area contributed by atoms with E-state index in [-0.39, 0.29) is 23.4 Å². The summed E-state index contributed by atoms with van der Waals surface area (Å²) in [5.74, 6) is -0.869. The van der Waals surface area contributed by atoms with Crippen LogP contribution in [0, 0.1) is 0 Å². The van der Waals surface area contributed by atoms with Crippen molar-refractivity contribution in [1.82, 2.24) is 4.72 Å². The van der Waals surface area contributed by atoms with Gasteiger partial charge < -0.3 is 10.4 Å². The second kappa shape index (κ2) is 7.42. The molecule has 0 aliphatic rings. The quantitative estimate of drug-likeness (QED) is 0.682. The van der Waals surface area contributed by atoms with Crippen LogP contribution in [0.15, 0.2) is 29.2 Å². The molecular weight excluding hydrogens is 292 g/mol. The maximum absolute atomic E-state index is 12.3. The summed E-state index contributed by atoms with van der Waals surface area (Å²) in [7, 11) is -3.60. The molecule has 0 aliphatic heterocycles. The SMILES string of the molecule is CC(C)NS(=O)(=O)c1ccccc1NC(C)CCC(=O)O. The molecule has 3 N–H and O–H groups in total. The fourth-order valence-electron chi connectivity index (χ4n) is 1.87. The molecule has 118 valence electrons. The summed E-state index contributed by atoms with van der Waals surface area (Å²) in [6, 6.07) is 6.25. The van der Waals surface area contributed by atoms with Crippen molar-refractivity contribution in [2.75, 3.05) is 5.32 Å². The van der Waals surface area contributed by atoms with Crippen LogP contribution >= 0.6 is 0 Å². The number of sulfonamides is 1. The zero-order valence-corrected chi connectivity index (χ0v) is 13.3. The van der Waals surface area contributed by atoms with E-state index in [1.165, 1.54) is 6.07 Å². The van der Waals surface area contributed by atoms with Gasteiger partial charge in [0, 0.05) is 18.5 Å². The zero-order valence-electron chi connectivity index (χ0n) is 12.5.